The second-order valence-corrected chi connectivity index (χ2v) is 11.3. The van der Waals surface area contributed by atoms with Crippen molar-refractivity contribution in [2.45, 2.75) is 25.6 Å². The van der Waals surface area contributed by atoms with E-state index in [1.54, 1.807) is 12.2 Å². The molecule has 4 heteroatoms. The Morgan fingerprint density at radius 1 is 0.548 bits per heavy atom. The van der Waals surface area contributed by atoms with Gasteiger partial charge in [-0.2, -0.15) is 0 Å². The number of unbranched alkanes of at least 4 members (excludes halogenated alkanes) is 1. The standard InChI is InChI=1S/C38H40O3Si/c1-3-35(4-2)39-27-5-6-28-40-36-21-15-32(16-22-36)13-11-30-7-9-31(10-8-30)12-14-33-17-23-37(24-18-33)41-29-34-19-25-38(42)26-20-34/h3-4,7-26,35H,1-2,5-6,27-29H2,42H3/b13-11+,14-12+. The number of hydrogen-bond acceptors (Lipinski definition) is 3. The van der Waals surface area contributed by atoms with Crippen LogP contribution in [0.25, 0.3) is 24.3 Å². The topological polar surface area (TPSA) is 27.7 Å². The summed E-state index contributed by atoms with van der Waals surface area (Å²) in [5.41, 5.74) is 5.77. The van der Waals surface area contributed by atoms with E-state index >= 15 is 0 Å². The second kappa shape index (κ2) is 16.8. The Kier molecular flexibility index (Phi) is 12.2. The van der Waals surface area contributed by atoms with Crippen molar-refractivity contribution in [2.75, 3.05) is 13.2 Å². The molecule has 0 aliphatic heterocycles. The van der Waals surface area contributed by atoms with E-state index in [1.165, 1.54) is 10.8 Å². The van der Waals surface area contributed by atoms with Crippen LogP contribution in [0.5, 0.6) is 11.5 Å². The minimum absolute atomic E-state index is 0.0765. The van der Waals surface area contributed by atoms with Gasteiger partial charge in [-0.05, 0) is 64.9 Å². The maximum absolute atomic E-state index is 5.93. The molecule has 0 atom stereocenters. The Labute approximate surface area is 253 Å². The number of ether oxygens (including phenoxy) is 3. The van der Waals surface area contributed by atoms with E-state index in [4.69, 9.17) is 14.2 Å². The van der Waals surface area contributed by atoms with Gasteiger partial charge < -0.3 is 14.2 Å². The summed E-state index contributed by atoms with van der Waals surface area (Å²) < 4.78 is 17.4. The predicted octanol–water partition coefficient (Wildman–Crippen LogP) is 7.51. The van der Waals surface area contributed by atoms with Crippen molar-refractivity contribution >= 4 is 39.7 Å². The van der Waals surface area contributed by atoms with Gasteiger partial charge in [0, 0.05) is 16.8 Å². The summed E-state index contributed by atoms with van der Waals surface area (Å²) in [4.78, 5) is 0. The van der Waals surface area contributed by atoms with Gasteiger partial charge in [-0.3, -0.25) is 0 Å². The first-order valence-electron chi connectivity index (χ1n) is 14.5. The second-order valence-electron chi connectivity index (χ2n) is 10.1. The first-order chi connectivity index (χ1) is 20.6. The fourth-order valence-electron chi connectivity index (χ4n) is 4.15. The molecule has 0 aliphatic carbocycles. The molecule has 0 aliphatic rings. The lowest BCUT2D eigenvalue weighted by Gasteiger charge is -2.09. The van der Waals surface area contributed by atoms with Gasteiger partial charge in [0.05, 0.1) is 12.7 Å². The Morgan fingerprint density at radius 3 is 1.45 bits per heavy atom. The molecule has 4 aromatic carbocycles. The average Bonchev–Trinajstić information content (AvgIpc) is 3.04. The fourth-order valence-corrected chi connectivity index (χ4v) is 4.48. The van der Waals surface area contributed by atoms with Gasteiger partial charge >= 0.3 is 0 Å². The zero-order valence-electron chi connectivity index (χ0n) is 24.5. The highest BCUT2D eigenvalue weighted by molar-refractivity contribution is 6.32. The van der Waals surface area contributed by atoms with E-state index < -0.39 is 0 Å². The lowest BCUT2D eigenvalue weighted by Crippen LogP contribution is -2.08. The van der Waals surface area contributed by atoms with Crippen LogP contribution in [0.3, 0.4) is 0 Å². The number of hydrogen-bond donors (Lipinski definition) is 0. The predicted molar refractivity (Wildman–Crippen MR) is 182 cm³/mol. The molecule has 0 bridgehead atoms. The van der Waals surface area contributed by atoms with E-state index in [1.807, 2.05) is 24.3 Å². The third-order valence-electron chi connectivity index (χ3n) is 6.74. The van der Waals surface area contributed by atoms with Crippen molar-refractivity contribution in [1.29, 1.82) is 0 Å². The maximum Gasteiger partial charge on any atom is 0.119 e. The number of rotatable bonds is 16. The van der Waals surface area contributed by atoms with Gasteiger partial charge in [-0.1, -0.05) is 114 Å². The smallest absolute Gasteiger partial charge is 0.119 e. The Morgan fingerprint density at radius 2 is 0.976 bits per heavy atom. The lowest BCUT2D eigenvalue weighted by atomic mass is 10.1. The molecule has 4 aromatic rings. The van der Waals surface area contributed by atoms with Crippen LogP contribution in [0, 0.1) is 0 Å². The van der Waals surface area contributed by atoms with Gasteiger partial charge in [-0.25, -0.2) is 0 Å². The molecule has 0 radical (unpaired) electrons. The highest BCUT2D eigenvalue weighted by atomic mass is 28.1. The molecule has 0 amide bonds. The van der Waals surface area contributed by atoms with Crippen LogP contribution in [0.15, 0.2) is 122 Å². The van der Waals surface area contributed by atoms with Crippen LogP contribution in [-0.4, -0.2) is 29.6 Å². The number of benzene rings is 4. The molecule has 4 rings (SSSR count). The van der Waals surface area contributed by atoms with Crippen molar-refractivity contribution < 1.29 is 14.2 Å². The van der Waals surface area contributed by atoms with Crippen molar-refractivity contribution in [3.8, 4) is 11.5 Å². The summed E-state index contributed by atoms with van der Waals surface area (Å²) in [6.07, 6.45) is 13.8. The van der Waals surface area contributed by atoms with Gasteiger partial charge in [0.25, 0.3) is 0 Å². The average molecular weight is 573 g/mol. The molecule has 0 saturated heterocycles. The summed E-state index contributed by atoms with van der Waals surface area (Å²) in [5.74, 6) is 1.76. The minimum atomic E-state index is -0.0765. The van der Waals surface area contributed by atoms with E-state index in [9.17, 15) is 0 Å². The van der Waals surface area contributed by atoms with E-state index in [0.29, 0.717) is 19.8 Å². The van der Waals surface area contributed by atoms with E-state index in [0.717, 1.165) is 56.8 Å². The van der Waals surface area contributed by atoms with Crippen LogP contribution in [0.2, 0.25) is 0 Å². The maximum atomic E-state index is 5.93. The summed E-state index contributed by atoms with van der Waals surface area (Å²) in [6.45, 7) is 9.38. The quantitative estimate of drug-likeness (QED) is 0.0602. The molecule has 3 nitrogen and oxygen atoms in total. The minimum Gasteiger partial charge on any atom is -0.494 e. The van der Waals surface area contributed by atoms with Crippen LogP contribution in [-0.2, 0) is 11.3 Å². The first-order valence-corrected chi connectivity index (χ1v) is 15.5. The normalized spacial score (nSPS) is 11.4. The molecule has 0 aromatic heterocycles. The van der Waals surface area contributed by atoms with E-state index in [-0.39, 0.29) is 6.10 Å². The molecular formula is C38H40O3Si. The monoisotopic (exact) mass is 572 g/mol. The molecule has 0 saturated carbocycles. The first kappa shape index (κ1) is 30.6. The van der Waals surface area contributed by atoms with Gasteiger partial charge in [0.1, 0.15) is 18.1 Å². The van der Waals surface area contributed by atoms with Gasteiger partial charge in [0.15, 0.2) is 0 Å². The third-order valence-corrected chi connectivity index (χ3v) is 7.41. The Bertz CT molecular complexity index is 1430. The summed E-state index contributed by atoms with van der Waals surface area (Å²) in [7, 11) is 1.08. The lowest BCUT2D eigenvalue weighted by molar-refractivity contribution is 0.109. The van der Waals surface area contributed by atoms with Crippen LogP contribution < -0.4 is 14.7 Å². The molecule has 0 fully saturated rings. The van der Waals surface area contributed by atoms with Crippen molar-refractivity contribution in [2.24, 2.45) is 0 Å². The fraction of sp³-hybridized carbons (Fsp3) is 0.158. The highest BCUT2D eigenvalue weighted by Gasteiger charge is 2.00. The Hall–Kier alpha value is -4.38. The largest absolute Gasteiger partial charge is 0.494 e. The van der Waals surface area contributed by atoms with Gasteiger partial charge in [-0.15, -0.1) is 13.2 Å². The molecule has 214 valence electrons. The Balaban J connectivity index is 1.18. The van der Waals surface area contributed by atoms with Crippen molar-refractivity contribution in [3.05, 3.63) is 150 Å². The zero-order chi connectivity index (χ0) is 29.4. The summed E-state index contributed by atoms with van der Waals surface area (Å²) in [6, 6.07) is 33.5. The molecule has 0 spiro atoms. The molecule has 42 heavy (non-hydrogen) atoms. The summed E-state index contributed by atoms with van der Waals surface area (Å²) in [5, 5.41) is 1.39. The molecule has 0 N–H and O–H groups in total. The van der Waals surface area contributed by atoms with Crippen LogP contribution in [0.1, 0.15) is 40.7 Å². The molecule has 0 heterocycles. The van der Waals surface area contributed by atoms with Crippen LogP contribution in [0.4, 0.5) is 0 Å². The van der Waals surface area contributed by atoms with Crippen LogP contribution >= 0.6 is 0 Å². The van der Waals surface area contributed by atoms with E-state index in [2.05, 4.69) is 110 Å². The zero-order valence-corrected chi connectivity index (χ0v) is 26.5. The molecular weight excluding hydrogens is 533 g/mol. The summed E-state index contributed by atoms with van der Waals surface area (Å²) >= 11 is 0. The van der Waals surface area contributed by atoms with Gasteiger partial charge in [0.2, 0.25) is 0 Å². The van der Waals surface area contributed by atoms with Crippen molar-refractivity contribution in [1.82, 2.24) is 0 Å². The SMILES string of the molecule is C=CC(C=C)OCCCCOc1ccc(/C=C/c2ccc(/C=C/c3ccc(OCc4ccc([SiH3])cc4)cc3)cc2)cc1. The highest BCUT2D eigenvalue weighted by Crippen LogP contribution is 2.18. The third kappa shape index (κ3) is 10.5. The van der Waals surface area contributed by atoms with Crippen molar-refractivity contribution in [3.63, 3.8) is 0 Å². The molecule has 0 unspecified atom stereocenters.